The molecule has 90 valence electrons. The minimum absolute atomic E-state index is 0.0987. The molecule has 0 unspecified atom stereocenters. The zero-order valence-corrected chi connectivity index (χ0v) is 9.90. The molecule has 0 saturated carbocycles. The Bertz CT molecular complexity index is 513. The van der Waals surface area contributed by atoms with Crippen LogP contribution in [0.1, 0.15) is 21.7 Å². The van der Waals surface area contributed by atoms with E-state index in [4.69, 9.17) is 0 Å². The highest BCUT2D eigenvalue weighted by Crippen LogP contribution is 2.02. The van der Waals surface area contributed by atoms with Gasteiger partial charge >= 0.3 is 0 Å². The molecule has 0 aliphatic carbocycles. The zero-order chi connectivity index (χ0) is 12.3. The highest BCUT2D eigenvalue weighted by atomic mass is 16.1. The number of hydrogen-bond donors (Lipinski definition) is 2. The van der Waals surface area contributed by atoms with Gasteiger partial charge in [-0.15, -0.1) is 0 Å². The Morgan fingerprint density at radius 3 is 3.00 bits per heavy atom. The minimum atomic E-state index is -0.0987. The SMILES string of the molecule is Cc1[nH]ncc1C(=O)NCCc1ccnn1C. The van der Waals surface area contributed by atoms with Crippen molar-refractivity contribution in [2.75, 3.05) is 6.54 Å². The van der Waals surface area contributed by atoms with E-state index in [1.54, 1.807) is 10.9 Å². The smallest absolute Gasteiger partial charge is 0.254 e. The second-order valence-corrected chi connectivity index (χ2v) is 3.86. The van der Waals surface area contributed by atoms with Crippen LogP contribution >= 0.6 is 0 Å². The van der Waals surface area contributed by atoms with E-state index >= 15 is 0 Å². The van der Waals surface area contributed by atoms with Crippen LogP contribution < -0.4 is 5.32 Å². The molecule has 1 amide bonds. The lowest BCUT2D eigenvalue weighted by Crippen LogP contribution is -2.26. The van der Waals surface area contributed by atoms with Crippen molar-refractivity contribution in [3.05, 3.63) is 35.4 Å². The van der Waals surface area contributed by atoms with Crippen molar-refractivity contribution in [2.24, 2.45) is 7.05 Å². The van der Waals surface area contributed by atoms with E-state index in [0.717, 1.165) is 17.8 Å². The Kier molecular flexibility index (Phi) is 3.22. The van der Waals surface area contributed by atoms with Crippen LogP contribution in [0.25, 0.3) is 0 Å². The van der Waals surface area contributed by atoms with E-state index in [1.165, 1.54) is 6.20 Å². The van der Waals surface area contributed by atoms with Gasteiger partial charge in [-0.05, 0) is 13.0 Å². The van der Waals surface area contributed by atoms with Crippen molar-refractivity contribution >= 4 is 5.91 Å². The van der Waals surface area contributed by atoms with Crippen molar-refractivity contribution < 1.29 is 4.79 Å². The Morgan fingerprint density at radius 2 is 2.41 bits per heavy atom. The standard InChI is InChI=1S/C11H15N5O/c1-8-10(7-13-15-8)11(17)12-5-3-9-4-6-14-16(9)2/h4,6-7H,3,5H2,1-2H3,(H,12,17)(H,13,15). The molecule has 2 aromatic rings. The normalized spacial score (nSPS) is 10.5. The van der Waals surface area contributed by atoms with Gasteiger partial charge in [0, 0.05) is 37.6 Å². The number of aromatic nitrogens is 4. The number of carbonyl (C=O) groups is 1. The van der Waals surface area contributed by atoms with Gasteiger partial charge in [0.05, 0.1) is 11.8 Å². The zero-order valence-electron chi connectivity index (χ0n) is 9.90. The highest BCUT2D eigenvalue weighted by molar-refractivity contribution is 5.94. The molecule has 2 aromatic heterocycles. The predicted octanol–water partition coefficient (Wildman–Crippen LogP) is 0.424. The topological polar surface area (TPSA) is 75.6 Å². The van der Waals surface area contributed by atoms with Gasteiger partial charge in [-0.3, -0.25) is 14.6 Å². The summed E-state index contributed by atoms with van der Waals surface area (Å²) in [6.45, 7) is 2.41. The largest absolute Gasteiger partial charge is 0.352 e. The fourth-order valence-corrected chi connectivity index (χ4v) is 1.63. The van der Waals surface area contributed by atoms with Gasteiger partial charge in [-0.1, -0.05) is 0 Å². The molecule has 0 saturated heterocycles. The fraction of sp³-hybridized carbons (Fsp3) is 0.364. The molecular weight excluding hydrogens is 218 g/mol. The molecule has 0 spiro atoms. The summed E-state index contributed by atoms with van der Waals surface area (Å²) in [6, 6.07) is 1.94. The number of aromatic amines is 1. The van der Waals surface area contributed by atoms with Gasteiger partial charge in [0.25, 0.3) is 5.91 Å². The van der Waals surface area contributed by atoms with Crippen LogP contribution in [-0.4, -0.2) is 32.4 Å². The molecule has 0 aliphatic heterocycles. The summed E-state index contributed by atoms with van der Waals surface area (Å²) in [6.07, 6.45) is 4.05. The average Bonchev–Trinajstić information content (AvgIpc) is 2.88. The maximum Gasteiger partial charge on any atom is 0.254 e. The maximum atomic E-state index is 11.7. The lowest BCUT2D eigenvalue weighted by Gasteiger charge is -2.04. The maximum absolute atomic E-state index is 11.7. The number of hydrogen-bond acceptors (Lipinski definition) is 3. The summed E-state index contributed by atoms with van der Waals surface area (Å²) in [4.78, 5) is 11.7. The highest BCUT2D eigenvalue weighted by Gasteiger charge is 2.09. The number of carbonyl (C=O) groups excluding carboxylic acids is 1. The van der Waals surface area contributed by atoms with Crippen molar-refractivity contribution in [3.63, 3.8) is 0 Å². The fourth-order valence-electron chi connectivity index (χ4n) is 1.63. The summed E-state index contributed by atoms with van der Waals surface area (Å²) < 4.78 is 1.80. The Labute approximate surface area is 99.0 Å². The van der Waals surface area contributed by atoms with E-state index in [9.17, 15) is 4.79 Å². The molecule has 0 fully saturated rings. The number of amides is 1. The third kappa shape index (κ3) is 2.52. The summed E-state index contributed by atoms with van der Waals surface area (Å²) in [5.41, 5.74) is 2.47. The third-order valence-electron chi connectivity index (χ3n) is 2.66. The summed E-state index contributed by atoms with van der Waals surface area (Å²) in [7, 11) is 1.89. The van der Waals surface area contributed by atoms with Crippen LogP contribution in [0.2, 0.25) is 0 Å². The Balaban J connectivity index is 1.86. The second kappa shape index (κ2) is 4.82. The molecule has 2 rings (SSSR count). The van der Waals surface area contributed by atoms with Gasteiger partial charge in [-0.2, -0.15) is 10.2 Å². The van der Waals surface area contributed by atoms with Crippen molar-refractivity contribution in [2.45, 2.75) is 13.3 Å². The van der Waals surface area contributed by atoms with Crippen molar-refractivity contribution in [1.82, 2.24) is 25.3 Å². The average molecular weight is 233 g/mol. The molecule has 17 heavy (non-hydrogen) atoms. The first-order valence-corrected chi connectivity index (χ1v) is 5.43. The monoisotopic (exact) mass is 233 g/mol. The van der Waals surface area contributed by atoms with Crippen LogP contribution in [-0.2, 0) is 13.5 Å². The first-order valence-electron chi connectivity index (χ1n) is 5.43. The van der Waals surface area contributed by atoms with Crippen molar-refractivity contribution in [3.8, 4) is 0 Å². The van der Waals surface area contributed by atoms with E-state index in [1.807, 2.05) is 20.0 Å². The molecule has 6 heteroatoms. The molecule has 0 aliphatic rings. The molecule has 0 aromatic carbocycles. The van der Waals surface area contributed by atoms with Gasteiger partial charge < -0.3 is 5.32 Å². The molecule has 0 radical (unpaired) electrons. The van der Waals surface area contributed by atoms with Crippen LogP contribution in [0.4, 0.5) is 0 Å². The second-order valence-electron chi connectivity index (χ2n) is 3.86. The number of nitrogens with zero attached hydrogens (tertiary/aromatic N) is 3. The molecule has 0 bridgehead atoms. The first-order chi connectivity index (χ1) is 8.18. The van der Waals surface area contributed by atoms with Crippen molar-refractivity contribution in [1.29, 1.82) is 0 Å². The van der Waals surface area contributed by atoms with Crippen LogP contribution in [0.3, 0.4) is 0 Å². The molecule has 6 nitrogen and oxygen atoms in total. The van der Waals surface area contributed by atoms with Crippen LogP contribution in [0.15, 0.2) is 18.5 Å². The molecule has 2 N–H and O–H groups in total. The van der Waals surface area contributed by atoms with Gasteiger partial charge in [-0.25, -0.2) is 0 Å². The quantitative estimate of drug-likeness (QED) is 0.803. The first kappa shape index (κ1) is 11.4. The molecular formula is C11H15N5O. The van der Waals surface area contributed by atoms with E-state index in [2.05, 4.69) is 20.6 Å². The van der Waals surface area contributed by atoms with Crippen LogP contribution in [0, 0.1) is 6.92 Å². The Morgan fingerprint density at radius 1 is 1.59 bits per heavy atom. The lowest BCUT2D eigenvalue weighted by atomic mass is 10.2. The van der Waals surface area contributed by atoms with Gasteiger partial charge in [0.15, 0.2) is 0 Å². The van der Waals surface area contributed by atoms with Gasteiger partial charge in [0.2, 0.25) is 0 Å². The number of nitrogens with one attached hydrogen (secondary N) is 2. The third-order valence-corrected chi connectivity index (χ3v) is 2.66. The Hall–Kier alpha value is -2.11. The molecule has 0 atom stereocenters. The lowest BCUT2D eigenvalue weighted by molar-refractivity contribution is 0.0953. The number of H-pyrrole nitrogens is 1. The van der Waals surface area contributed by atoms with E-state index in [-0.39, 0.29) is 5.91 Å². The van der Waals surface area contributed by atoms with E-state index < -0.39 is 0 Å². The predicted molar refractivity (Wildman–Crippen MR) is 62.6 cm³/mol. The van der Waals surface area contributed by atoms with E-state index in [0.29, 0.717) is 12.1 Å². The number of aryl methyl sites for hydroxylation is 2. The molecule has 2 heterocycles. The number of rotatable bonds is 4. The summed E-state index contributed by atoms with van der Waals surface area (Å²) in [5.74, 6) is -0.0987. The summed E-state index contributed by atoms with van der Waals surface area (Å²) in [5, 5.41) is 13.5. The minimum Gasteiger partial charge on any atom is -0.352 e. The summed E-state index contributed by atoms with van der Waals surface area (Å²) >= 11 is 0. The van der Waals surface area contributed by atoms with Crippen LogP contribution in [0.5, 0.6) is 0 Å². The van der Waals surface area contributed by atoms with Gasteiger partial charge in [0.1, 0.15) is 0 Å².